The second kappa shape index (κ2) is 5.38. The van der Waals surface area contributed by atoms with E-state index in [-0.39, 0.29) is 0 Å². The van der Waals surface area contributed by atoms with Crippen LogP contribution in [-0.2, 0) is 19.9 Å². The van der Waals surface area contributed by atoms with Gasteiger partial charge in [0.2, 0.25) is 0 Å². The zero-order chi connectivity index (χ0) is 13.3. The van der Waals surface area contributed by atoms with Crippen LogP contribution in [0.2, 0.25) is 5.02 Å². The summed E-state index contributed by atoms with van der Waals surface area (Å²) in [5, 5.41) is 17.8. The highest BCUT2D eigenvalue weighted by Crippen LogP contribution is 2.27. The molecule has 0 aliphatic rings. The molecule has 0 aromatic carbocycles. The van der Waals surface area contributed by atoms with Crippen molar-refractivity contribution in [1.29, 1.82) is 0 Å². The Morgan fingerprint density at radius 1 is 1.56 bits per heavy atom. The highest BCUT2D eigenvalue weighted by Gasteiger charge is 2.19. The first-order valence-electron chi connectivity index (χ1n) is 5.83. The average molecular weight is 286 g/mol. The van der Waals surface area contributed by atoms with Gasteiger partial charge in [-0.3, -0.25) is 4.68 Å². The summed E-state index contributed by atoms with van der Waals surface area (Å²) in [6, 6.07) is 0. The number of aliphatic hydroxyl groups excluding tert-OH is 1. The van der Waals surface area contributed by atoms with Gasteiger partial charge in [-0.2, -0.15) is 5.10 Å². The van der Waals surface area contributed by atoms with Crippen LogP contribution in [0.4, 0.5) is 0 Å². The first kappa shape index (κ1) is 13.5. The molecular formula is C12H16ClN3OS. The van der Waals surface area contributed by atoms with E-state index in [1.54, 1.807) is 4.68 Å². The Hall–Kier alpha value is -0.910. The fourth-order valence-corrected chi connectivity index (χ4v) is 2.99. The van der Waals surface area contributed by atoms with Crippen LogP contribution in [-0.4, -0.2) is 19.9 Å². The molecule has 0 aliphatic heterocycles. The van der Waals surface area contributed by atoms with Gasteiger partial charge in [0.1, 0.15) is 11.1 Å². The Labute approximate surface area is 115 Å². The van der Waals surface area contributed by atoms with Crippen LogP contribution in [0.15, 0.2) is 5.38 Å². The number of aliphatic hydroxyl groups is 1. The number of nitrogens with zero attached hydrogens (tertiary/aromatic N) is 3. The summed E-state index contributed by atoms with van der Waals surface area (Å²) < 4.78 is 1.74. The number of rotatable bonds is 4. The smallest absolute Gasteiger partial charge is 0.122 e. The van der Waals surface area contributed by atoms with Crippen molar-refractivity contribution in [2.24, 2.45) is 7.05 Å². The van der Waals surface area contributed by atoms with E-state index in [9.17, 15) is 5.11 Å². The van der Waals surface area contributed by atoms with E-state index in [0.717, 1.165) is 28.5 Å². The lowest BCUT2D eigenvalue weighted by Gasteiger charge is -2.08. The normalized spacial score (nSPS) is 12.9. The van der Waals surface area contributed by atoms with Gasteiger partial charge >= 0.3 is 0 Å². The predicted molar refractivity (Wildman–Crippen MR) is 73.1 cm³/mol. The fourth-order valence-electron chi connectivity index (χ4n) is 1.84. The summed E-state index contributed by atoms with van der Waals surface area (Å²) in [5.74, 6) is 0. The number of hydrogen-bond donors (Lipinski definition) is 1. The van der Waals surface area contributed by atoms with Crippen LogP contribution in [0.1, 0.15) is 35.1 Å². The van der Waals surface area contributed by atoms with Crippen molar-refractivity contribution < 1.29 is 5.11 Å². The zero-order valence-electron chi connectivity index (χ0n) is 10.6. The van der Waals surface area contributed by atoms with Crippen molar-refractivity contribution >= 4 is 22.9 Å². The Balaban J connectivity index is 2.21. The first-order valence-corrected chi connectivity index (χ1v) is 7.09. The number of thiazole rings is 1. The van der Waals surface area contributed by atoms with Crippen molar-refractivity contribution in [2.75, 3.05) is 0 Å². The van der Waals surface area contributed by atoms with E-state index in [0.29, 0.717) is 11.4 Å². The molecule has 0 saturated carbocycles. The lowest BCUT2D eigenvalue weighted by atomic mass is 10.2. The van der Waals surface area contributed by atoms with Gasteiger partial charge in [0.05, 0.1) is 16.4 Å². The summed E-state index contributed by atoms with van der Waals surface area (Å²) in [6.07, 6.45) is 0.607. The zero-order valence-corrected chi connectivity index (χ0v) is 12.2. The third-order valence-corrected chi connectivity index (χ3v) is 4.31. The summed E-state index contributed by atoms with van der Waals surface area (Å²) in [6.45, 7) is 3.93. The van der Waals surface area contributed by atoms with Crippen molar-refractivity contribution in [3.8, 4) is 0 Å². The second-order valence-corrected chi connectivity index (χ2v) is 5.50. The van der Waals surface area contributed by atoms with Gasteiger partial charge in [-0.1, -0.05) is 18.5 Å². The Kier molecular flexibility index (Phi) is 4.04. The Morgan fingerprint density at radius 3 is 2.78 bits per heavy atom. The molecule has 0 aliphatic carbocycles. The third kappa shape index (κ3) is 2.58. The van der Waals surface area contributed by atoms with Gasteiger partial charge in [0, 0.05) is 24.5 Å². The molecule has 1 unspecified atom stereocenters. The predicted octanol–water partition coefficient (Wildman–Crippen LogP) is 2.68. The number of hydrogen-bond acceptors (Lipinski definition) is 4. The average Bonchev–Trinajstić information content (AvgIpc) is 2.87. The SMILES string of the molecule is CCc1nn(C)c(CC(O)c2nc(C)cs2)c1Cl. The molecule has 0 saturated heterocycles. The lowest BCUT2D eigenvalue weighted by molar-refractivity contribution is 0.175. The standard InChI is InChI=1S/C12H16ClN3OS/c1-4-8-11(13)9(16(3)15-8)5-10(17)12-14-7(2)6-18-12/h6,10,17H,4-5H2,1-3H3. The van der Waals surface area contributed by atoms with Crippen molar-refractivity contribution in [1.82, 2.24) is 14.8 Å². The summed E-state index contributed by atoms with van der Waals surface area (Å²) >= 11 is 7.72. The summed E-state index contributed by atoms with van der Waals surface area (Å²) in [4.78, 5) is 4.29. The maximum absolute atomic E-state index is 10.2. The molecule has 0 spiro atoms. The molecule has 2 rings (SSSR count). The molecule has 2 heterocycles. The number of aromatic nitrogens is 3. The first-order chi connectivity index (χ1) is 8.52. The molecule has 1 atom stereocenters. The minimum Gasteiger partial charge on any atom is -0.386 e. The van der Waals surface area contributed by atoms with E-state index >= 15 is 0 Å². The third-order valence-electron chi connectivity index (χ3n) is 2.81. The van der Waals surface area contributed by atoms with Crippen LogP contribution in [0.5, 0.6) is 0 Å². The Morgan fingerprint density at radius 2 is 2.28 bits per heavy atom. The summed E-state index contributed by atoms with van der Waals surface area (Å²) in [5.41, 5.74) is 2.66. The number of halogens is 1. The highest BCUT2D eigenvalue weighted by molar-refractivity contribution is 7.09. The van der Waals surface area contributed by atoms with E-state index in [4.69, 9.17) is 11.6 Å². The van der Waals surface area contributed by atoms with E-state index in [2.05, 4.69) is 10.1 Å². The second-order valence-electron chi connectivity index (χ2n) is 4.23. The minimum absolute atomic E-state index is 0.440. The topological polar surface area (TPSA) is 50.9 Å². The molecule has 18 heavy (non-hydrogen) atoms. The van der Waals surface area contributed by atoms with E-state index in [1.165, 1.54) is 11.3 Å². The van der Waals surface area contributed by atoms with Crippen molar-refractivity contribution in [3.63, 3.8) is 0 Å². The van der Waals surface area contributed by atoms with Crippen molar-refractivity contribution in [2.45, 2.75) is 32.8 Å². The van der Waals surface area contributed by atoms with Crippen LogP contribution in [0.3, 0.4) is 0 Å². The largest absolute Gasteiger partial charge is 0.386 e. The molecule has 0 amide bonds. The van der Waals surface area contributed by atoms with Gasteiger partial charge in [-0.25, -0.2) is 4.98 Å². The van der Waals surface area contributed by atoms with Crippen molar-refractivity contribution in [3.05, 3.63) is 32.5 Å². The van der Waals surface area contributed by atoms with Gasteiger partial charge in [-0.05, 0) is 13.3 Å². The van der Waals surface area contributed by atoms with Gasteiger partial charge in [0.15, 0.2) is 0 Å². The molecule has 1 N–H and O–H groups in total. The molecular weight excluding hydrogens is 270 g/mol. The maximum atomic E-state index is 10.2. The number of aryl methyl sites for hydroxylation is 3. The van der Waals surface area contributed by atoms with Crippen LogP contribution in [0.25, 0.3) is 0 Å². The quantitative estimate of drug-likeness (QED) is 0.940. The molecule has 2 aromatic rings. The molecule has 4 nitrogen and oxygen atoms in total. The van der Waals surface area contributed by atoms with Gasteiger partial charge < -0.3 is 5.11 Å². The van der Waals surface area contributed by atoms with Crippen LogP contribution >= 0.6 is 22.9 Å². The summed E-state index contributed by atoms with van der Waals surface area (Å²) in [7, 11) is 1.85. The highest BCUT2D eigenvalue weighted by atomic mass is 35.5. The Bertz CT molecular complexity index is 550. The molecule has 98 valence electrons. The van der Waals surface area contributed by atoms with Gasteiger partial charge in [-0.15, -0.1) is 11.3 Å². The van der Waals surface area contributed by atoms with E-state index in [1.807, 2.05) is 26.3 Å². The maximum Gasteiger partial charge on any atom is 0.122 e. The van der Waals surface area contributed by atoms with Crippen LogP contribution in [0, 0.1) is 6.92 Å². The molecule has 0 fully saturated rings. The monoisotopic (exact) mass is 285 g/mol. The molecule has 0 bridgehead atoms. The molecule has 0 radical (unpaired) electrons. The fraction of sp³-hybridized carbons (Fsp3) is 0.500. The van der Waals surface area contributed by atoms with Gasteiger partial charge in [0.25, 0.3) is 0 Å². The minimum atomic E-state index is -0.624. The van der Waals surface area contributed by atoms with E-state index < -0.39 is 6.10 Å². The van der Waals surface area contributed by atoms with Crippen LogP contribution < -0.4 is 0 Å². The lowest BCUT2D eigenvalue weighted by Crippen LogP contribution is -2.06. The molecule has 6 heteroatoms. The molecule has 2 aromatic heterocycles.